The second-order valence-electron chi connectivity index (χ2n) is 3.64. The smallest absolute Gasteiger partial charge is 0.172 e. The molecule has 0 saturated heterocycles. The van der Waals surface area contributed by atoms with Crippen LogP contribution in [0.2, 0.25) is 0 Å². The van der Waals surface area contributed by atoms with Crippen molar-refractivity contribution in [1.82, 2.24) is 4.90 Å². The first-order chi connectivity index (χ1) is 8.24. The number of nitrogens with zero attached hydrogens (tertiary/aromatic N) is 1. The summed E-state index contributed by atoms with van der Waals surface area (Å²) in [4.78, 5) is 13.5. The second-order valence-corrected chi connectivity index (χ2v) is 3.64. The van der Waals surface area contributed by atoms with Crippen molar-refractivity contribution in [2.45, 2.75) is 13.8 Å². The van der Waals surface area contributed by atoms with Gasteiger partial charge in [-0.15, -0.1) is 0 Å². The first kappa shape index (κ1) is 16.5. The Hall–Kier alpha value is -0.490. The van der Waals surface area contributed by atoms with Gasteiger partial charge < -0.3 is 14.2 Å². The molecule has 17 heavy (non-hydrogen) atoms. The van der Waals surface area contributed by atoms with Crippen molar-refractivity contribution in [3.63, 3.8) is 0 Å². The highest BCUT2D eigenvalue weighted by atomic mass is 16.5. The molecule has 0 atom stereocenters. The Kier molecular flexibility index (Phi) is 11.6. The summed E-state index contributed by atoms with van der Waals surface area (Å²) >= 11 is 0. The molecule has 0 spiro atoms. The van der Waals surface area contributed by atoms with Crippen molar-refractivity contribution in [2.75, 3.05) is 59.8 Å². The zero-order chi connectivity index (χ0) is 12.9. The Morgan fingerprint density at radius 2 is 1.59 bits per heavy atom. The first-order valence-corrected chi connectivity index (χ1v) is 6.13. The Morgan fingerprint density at radius 1 is 1.06 bits per heavy atom. The number of methoxy groups -OCH3 is 1. The Balaban J connectivity index is 3.86. The third-order valence-electron chi connectivity index (χ3n) is 2.22. The van der Waals surface area contributed by atoms with Crippen LogP contribution in [0.4, 0.5) is 0 Å². The third kappa shape index (κ3) is 10.4. The van der Waals surface area contributed by atoms with E-state index < -0.39 is 0 Å². The van der Waals surface area contributed by atoms with Gasteiger partial charge in [0, 0.05) is 33.4 Å². The van der Waals surface area contributed by atoms with Crippen LogP contribution in [0.15, 0.2) is 0 Å². The highest BCUT2D eigenvalue weighted by molar-refractivity contribution is 5.81. The van der Waals surface area contributed by atoms with E-state index in [1.54, 1.807) is 0 Å². The van der Waals surface area contributed by atoms with Crippen LogP contribution in [-0.4, -0.2) is 70.5 Å². The topological polar surface area (TPSA) is 48.0 Å². The monoisotopic (exact) mass is 247 g/mol. The van der Waals surface area contributed by atoms with E-state index >= 15 is 0 Å². The van der Waals surface area contributed by atoms with E-state index in [4.69, 9.17) is 14.2 Å². The molecular formula is C12H25NO4. The number of ether oxygens (including phenoxy) is 3. The van der Waals surface area contributed by atoms with Gasteiger partial charge in [-0.3, -0.25) is 9.69 Å². The van der Waals surface area contributed by atoms with Gasteiger partial charge >= 0.3 is 0 Å². The lowest BCUT2D eigenvalue weighted by Gasteiger charge is -2.21. The molecule has 0 aromatic rings. The highest BCUT2D eigenvalue weighted by Crippen LogP contribution is 1.92. The lowest BCUT2D eigenvalue weighted by Crippen LogP contribution is -2.36. The minimum absolute atomic E-state index is 0.0838. The maximum absolute atomic E-state index is 11.5. The summed E-state index contributed by atoms with van der Waals surface area (Å²) in [6.07, 6.45) is 0. The fourth-order valence-electron chi connectivity index (χ4n) is 1.40. The quantitative estimate of drug-likeness (QED) is 0.472. The van der Waals surface area contributed by atoms with E-state index in [1.165, 1.54) is 7.11 Å². The minimum atomic E-state index is 0.0838. The third-order valence-corrected chi connectivity index (χ3v) is 2.22. The van der Waals surface area contributed by atoms with E-state index in [2.05, 4.69) is 0 Å². The van der Waals surface area contributed by atoms with Crippen molar-refractivity contribution in [2.24, 2.45) is 0 Å². The largest absolute Gasteiger partial charge is 0.380 e. The minimum Gasteiger partial charge on any atom is -0.380 e. The van der Waals surface area contributed by atoms with E-state index in [-0.39, 0.29) is 12.4 Å². The number of carbonyl (C=O) groups is 1. The van der Waals surface area contributed by atoms with Crippen LogP contribution in [0.1, 0.15) is 13.8 Å². The number of hydrogen-bond donors (Lipinski definition) is 0. The molecule has 0 aromatic heterocycles. The molecule has 0 rings (SSSR count). The van der Waals surface area contributed by atoms with Gasteiger partial charge in [-0.2, -0.15) is 0 Å². The molecule has 102 valence electrons. The standard InChI is InChI=1S/C12H25NO4/c1-4-16-8-6-13(7-9-17-5-2)10-12(14)11-15-3/h4-11H2,1-3H3. The molecule has 0 bridgehead atoms. The van der Waals surface area contributed by atoms with E-state index in [0.29, 0.717) is 33.0 Å². The average Bonchev–Trinajstić information content (AvgIpc) is 2.29. The zero-order valence-corrected chi connectivity index (χ0v) is 11.2. The molecule has 0 radical (unpaired) electrons. The van der Waals surface area contributed by atoms with E-state index in [0.717, 1.165) is 13.1 Å². The van der Waals surface area contributed by atoms with E-state index in [1.807, 2.05) is 18.7 Å². The molecule has 0 aliphatic rings. The van der Waals surface area contributed by atoms with Crippen LogP contribution < -0.4 is 0 Å². The van der Waals surface area contributed by atoms with Crippen molar-refractivity contribution in [3.8, 4) is 0 Å². The molecule has 0 saturated carbocycles. The van der Waals surface area contributed by atoms with Crippen LogP contribution in [0.5, 0.6) is 0 Å². The Bertz CT molecular complexity index is 177. The normalized spacial score (nSPS) is 11.1. The molecule has 0 N–H and O–H groups in total. The maximum Gasteiger partial charge on any atom is 0.172 e. The molecule has 0 aliphatic carbocycles. The number of carbonyl (C=O) groups excluding carboxylic acids is 1. The van der Waals surface area contributed by atoms with Gasteiger partial charge in [0.15, 0.2) is 5.78 Å². The predicted molar refractivity (Wildman–Crippen MR) is 66.3 cm³/mol. The van der Waals surface area contributed by atoms with Crippen LogP contribution in [0.25, 0.3) is 0 Å². The fraction of sp³-hybridized carbons (Fsp3) is 0.917. The van der Waals surface area contributed by atoms with Crippen LogP contribution in [0, 0.1) is 0 Å². The fourth-order valence-corrected chi connectivity index (χ4v) is 1.40. The molecule has 0 aliphatic heterocycles. The van der Waals surface area contributed by atoms with Crippen molar-refractivity contribution < 1.29 is 19.0 Å². The van der Waals surface area contributed by atoms with Crippen LogP contribution in [-0.2, 0) is 19.0 Å². The maximum atomic E-state index is 11.5. The molecule has 0 heterocycles. The molecule has 0 fully saturated rings. The first-order valence-electron chi connectivity index (χ1n) is 6.13. The number of Topliss-reactive ketones (excluding diaryl/α,β-unsaturated/α-hetero) is 1. The summed E-state index contributed by atoms with van der Waals surface area (Å²) in [5.74, 6) is 0.0838. The van der Waals surface area contributed by atoms with Gasteiger partial charge in [0.05, 0.1) is 19.8 Å². The molecular weight excluding hydrogens is 222 g/mol. The Morgan fingerprint density at radius 3 is 2.00 bits per heavy atom. The number of hydrogen-bond acceptors (Lipinski definition) is 5. The molecule has 5 nitrogen and oxygen atoms in total. The number of rotatable bonds is 12. The van der Waals surface area contributed by atoms with Crippen LogP contribution >= 0.6 is 0 Å². The predicted octanol–water partition coefficient (Wildman–Crippen LogP) is 0.577. The highest BCUT2D eigenvalue weighted by Gasteiger charge is 2.10. The van der Waals surface area contributed by atoms with Gasteiger partial charge in [-0.1, -0.05) is 0 Å². The molecule has 0 unspecified atom stereocenters. The molecule has 5 heteroatoms. The van der Waals surface area contributed by atoms with Crippen LogP contribution in [0.3, 0.4) is 0 Å². The summed E-state index contributed by atoms with van der Waals surface area (Å²) in [5, 5.41) is 0. The summed E-state index contributed by atoms with van der Waals surface area (Å²) in [7, 11) is 1.53. The van der Waals surface area contributed by atoms with Crippen molar-refractivity contribution >= 4 is 5.78 Å². The summed E-state index contributed by atoms with van der Waals surface area (Å²) in [6, 6.07) is 0. The van der Waals surface area contributed by atoms with Crippen molar-refractivity contribution in [1.29, 1.82) is 0 Å². The average molecular weight is 247 g/mol. The summed E-state index contributed by atoms with van der Waals surface area (Å²) in [6.45, 7) is 8.66. The van der Waals surface area contributed by atoms with Gasteiger partial charge in [-0.25, -0.2) is 0 Å². The summed E-state index contributed by atoms with van der Waals surface area (Å²) < 4.78 is 15.4. The van der Waals surface area contributed by atoms with Gasteiger partial charge in [0.1, 0.15) is 6.61 Å². The zero-order valence-electron chi connectivity index (χ0n) is 11.2. The lowest BCUT2D eigenvalue weighted by atomic mass is 10.3. The second kappa shape index (κ2) is 12.0. The van der Waals surface area contributed by atoms with Crippen molar-refractivity contribution in [3.05, 3.63) is 0 Å². The van der Waals surface area contributed by atoms with Gasteiger partial charge in [-0.05, 0) is 13.8 Å². The van der Waals surface area contributed by atoms with Gasteiger partial charge in [0.25, 0.3) is 0 Å². The Labute approximate surface area is 104 Å². The number of ketones is 1. The molecule has 0 aromatic carbocycles. The molecule has 0 amide bonds. The SMILES string of the molecule is CCOCCN(CCOCC)CC(=O)COC. The lowest BCUT2D eigenvalue weighted by molar-refractivity contribution is -0.124. The van der Waals surface area contributed by atoms with Gasteiger partial charge in [0.2, 0.25) is 0 Å². The summed E-state index contributed by atoms with van der Waals surface area (Å²) in [5.41, 5.74) is 0. The van der Waals surface area contributed by atoms with E-state index in [9.17, 15) is 4.79 Å².